The van der Waals surface area contributed by atoms with E-state index in [1.165, 1.54) is 12.1 Å². The summed E-state index contributed by atoms with van der Waals surface area (Å²) in [4.78, 5) is 11.0. The second kappa shape index (κ2) is 5.33. The van der Waals surface area contributed by atoms with Gasteiger partial charge in [0.05, 0.1) is 0 Å². The van der Waals surface area contributed by atoms with Gasteiger partial charge in [0.15, 0.2) is 0 Å². The molecule has 0 saturated carbocycles. The molecule has 0 amide bonds. The van der Waals surface area contributed by atoms with E-state index < -0.39 is 5.97 Å². The largest absolute Gasteiger partial charge is 0.507 e. The lowest BCUT2D eigenvalue weighted by atomic mass is 9.92. The van der Waals surface area contributed by atoms with Crippen LogP contribution in [0.3, 0.4) is 0 Å². The van der Waals surface area contributed by atoms with Crippen LogP contribution in [-0.2, 0) is 0 Å². The Hall–Kier alpha value is -2.00. The summed E-state index contributed by atoms with van der Waals surface area (Å²) in [6, 6.07) is 12.4. The molecule has 0 spiro atoms. The number of aromatic carboxylic acids is 1. The molecule has 0 aliphatic carbocycles. The molecule has 0 aliphatic rings. The fraction of sp³-hybridized carbons (Fsp3) is 0.133. The number of benzene rings is 2. The highest BCUT2D eigenvalue weighted by Crippen LogP contribution is 2.34. The molecule has 2 aromatic carbocycles. The maximum atomic E-state index is 11.0. The molecule has 2 aromatic rings. The summed E-state index contributed by atoms with van der Waals surface area (Å²) in [6.07, 6.45) is 0. The lowest BCUT2D eigenvalue weighted by Gasteiger charge is -2.15. The molecule has 2 N–H and O–H groups in total. The van der Waals surface area contributed by atoms with Crippen LogP contribution in [0, 0.1) is 0 Å². The molecule has 98 valence electrons. The molecule has 0 saturated heterocycles. The number of carboxylic acid groups (broad SMARTS) is 1. The third-order valence-corrected chi connectivity index (χ3v) is 3.44. The van der Waals surface area contributed by atoms with Crippen molar-refractivity contribution in [3.05, 3.63) is 64.2 Å². The average molecular weight is 277 g/mol. The minimum absolute atomic E-state index is 0.0487. The molecular formula is C15H13ClO3. The number of carbonyl (C=O) groups is 1. The smallest absolute Gasteiger partial charge is 0.339 e. The fourth-order valence-electron chi connectivity index (χ4n) is 2.00. The van der Waals surface area contributed by atoms with Gasteiger partial charge in [-0.15, -0.1) is 0 Å². The fourth-order valence-corrected chi connectivity index (χ4v) is 2.33. The zero-order valence-electron chi connectivity index (χ0n) is 10.3. The Morgan fingerprint density at radius 3 is 2.42 bits per heavy atom. The summed E-state index contributed by atoms with van der Waals surface area (Å²) < 4.78 is 0. The number of phenols is 1. The van der Waals surface area contributed by atoms with Gasteiger partial charge in [0.1, 0.15) is 11.3 Å². The normalized spacial score (nSPS) is 12.1. The Morgan fingerprint density at radius 1 is 1.21 bits per heavy atom. The maximum Gasteiger partial charge on any atom is 0.339 e. The van der Waals surface area contributed by atoms with Crippen LogP contribution in [0.15, 0.2) is 42.5 Å². The van der Waals surface area contributed by atoms with Crippen LogP contribution in [0.5, 0.6) is 5.75 Å². The number of carboxylic acids is 1. The van der Waals surface area contributed by atoms with Gasteiger partial charge in [-0.1, -0.05) is 48.9 Å². The summed E-state index contributed by atoms with van der Waals surface area (Å²) in [5.41, 5.74) is 1.58. The van der Waals surface area contributed by atoms with Gasteiger partial charge in [-0.05, 0) is 23.3 Å². The van der Waals surface area contributed by atoms with Crippen LogP contribution in [0.25, 0.3) is 0 Å². The Morgan fingerprint density at radius 2 is 1.84 bits per heavy atom. The molecule has 1 atom stereocenters. The first-order valence-corrected chi connectivity index (χ1v) is 6.19. The lowest BCUT2D eigenvalue weighted by Crippen LogP contribution is -2.02. The summed E-state index contributed by atoms with van der Waals surface area (Å²) in [5.74, 6) is -1.54. The Balaban J connectivity index is 2.50. The highest BCUT2D eigenvalue weighted by atomic mass is 35.5. The number of hydrogen-bond acceptors (Lipinski definition) is 2. The summed E-state index contributed by atoms with van der Waals surface area (Å²) in [7, 11) is 0. The van der Waals surface area contributed by atoms with E-state index in [0.717, 1.165) is 5.56 Å². The van der Waals surface area contributed by atoms with Crippen LogP contribution in [0.4, 0.5) is 0 Å². The number of hydrogen-bond donors (Lipinski definition) is 2. The van der Waals surface area contributed by atoms with Crippen molar-refractivity contribution in [1.29, 1.82) is 0 Å². The highest BCUT2D eigenvalue weighted by Gasteiger charge is 2.18. The lowest BCUT2D eigenvalue weighted by molar-refractivity contribution is 0.0693. The predicted molar refractivity (Wildman–Crippen MR) is 74.0 cm³/mol. The van der Waals surface area contributed by atoms with Crippen LogP contribution in [0.2, 0.25) is 5.02 Å². The first-order valence-electron chi connectivity index (χ1n) is 5.81. The Labute approximate surface area is 116 Å². The molecule has 0 aliphatic heterocycles. The van der Waals surface area contributed by atoms with Gasteiger partial charge in [-0.3, -0.25) is 0 Å². The zero-order valence-corrected chi connectivity index (χ0v) is 11.1. The van der Waals surface area contributed by atoms with Crippen molar-refractivity contribution in [2.45, 2.75) is 12.8 Å². The molecule has 4 heteroatoms. The number of rotatable bonds is 3. The first-order chi connectivity index (χ1) is 9.00. The van der Waals surface area contributed by atoms with Gasteiger partial charge in [0, 0.05) is 10.9 Å². The van der Waals surface area contributed by atoms with Crippen LogP contribution < -0.4 is 0 Å². The Kier molecular flexibility index (Phi) is 3.76. The van der Waals surface area contributed by atoms with Crippen LogP contribution >= 0.6 is 11.6 Å². The van der Waals surface area contributed by atoms with E-state index in [0.29, 0.717) is 10.6 Å². The number of halogens is 1. The molecule has 0 bridgehead atoms. The van der Waals surface area contributed by atoms with Gasteiger partial charge in [-0.2, -0.15) is 0 Å². The Bertz CT molecular complexity index is 608. The minimum atomic E-state index is -1.17. The monoisotopic (exact) mass is 276 g/mol. The first kappa shape index (κ1) is 13.4. The van der Waals surface area contributed by atoms with Crippen molar-refractivity contribution in [2.75, 3.05) is 0 Å². The standard InChI is InChI=1S/C15H13ClO3/c1-9(10-5-3-2-4-6-10)11-7-12(15(18)19)14(17)8-13(11)16/h2-9,17H,1H3,(H,18,19). The van der Waals surface area contributed by atoms with E-state index in [2.05, 4.69) is 0 Å². The van der Waals surface area contributed by atoms with Crippen LogP contribution in [0.1, 0.15) is 34.3 Å². The van der Waals surface area contributed by atoms with Gasteiger partial charge in [-0.25, -0.2) is 4.79 Å². The maximum absolute atomic E-state index is 11.0. The van der Waals surface area contributed by atoms with E-state index in [9.17, 15) is 9.90 Å². The van der Waals surface area contributed by atoms with Gasteiger partial charge in [0.25, 0.3) is 0 Å². The van der Waals surface area contributed by atoms with Crippen molar-refractivity contribution in [3.63, 3.8) is 0 Å². The molecule has 0 heterocycles. The minimum Gasteiger partial charge on any atom is -0.507 e. The third kappa shape index (κ3) is 2.71. The van der Waals surface area contributed by atoms with E-state index in [1.54, 1.807) is 0 Å². The second-order valence-corrected chi connectivity index (χ2v) is 4.74. The summed E-state index contributed by atoms with van der Waals surface area (Å²) in [5, 5.41) is 19.0. The van der Waals surface area contributed by atoms with Crippen molar-refractivity contribution < 1.29 is 15.0 Å². The van der Waals surface area contributed by atoms with Crippen molar-refractivity contribution in [3.8, 4) is 5.75 Å². The van der Waals surface area contributed by atoms with E-state index in [4.69, 9.17) is 16.7 Å². The quantitative estimate of drug-likeness (QED) is 0.894. The zero-order chi connectivity index (χ0) is 14.0. The van der Waals surface area contributed by atoms with Crippen molar-refractivity contribution >= 4 is 17.6 Å². The second-order valence-electron chi connectivity index (χ2n) is 4.33. The summed E-state index contributed by atoms with van der Waals surface area (Å²) >= 11 is 6.10. The molecule has 2 rings (SSSR count). The molecular weight excluding hydrogens is 264 g/mol. The predicted octanol–water partition coefficient (Wildman–Crippen LogP) is 3.90. The van der Waals surface area contributed by atoms with Gasteiger partial charge < -0.3 is 10.2 Å². The molecule has 0 aromatic heterocycles. The SMILES string of the molecule is CC(c1ccccc1)c1cc(C(=O)O)c(O)cc1Cl. The number of aromatic hydroxyl groups is 1. The van der Waals surface area contributed by atoms with Gasteiger partial charge in [0.2, 0.25) is 0 Å². The average Bonchev–Trinajstić information content (AvgIpc) is 2.38. The molecule has 3 nitrogen and oxygen atoms in total. The summed E-state index contributed by atoms with van der Waals surface area (Å²) in [6.45, 7) is 1.94. The molecule has 19 heavy (non-hydrogen) atoms. The van der Waals surface area contributed by atoms with E-state index in [1.807, 2.05) is 37.3 Å². The van der Waals surface area contributed by atoms with Gasteiger partial charge >= 0.3 is 5.97 Å². The van der Waals surface area contributed by atoms with E-state index >= 15 is 0 Å². The van der Waals surface area contributed by atoms with Crippen molar-refractivity contribution in [2.24, 2.45) is 0 Å². The van der Waals surface area contributed by atoms with Crippen molar-refractivity contribution in [1.82, 2.24) is 0 Å². The third-order valence-electron chi connectivity index (χ3n) is 3.11. The topological polar surface area (TPSA) is 57.5 Å². The molecule has 0 radical (unpaired) electrons. The van der Waals surface area contributed by atoms with E-state index in [-0.39, 0.29) is 17.2 Å². The molecule has 0 fully saturated rings. The molecule has 1 unspecified atom stereocenters. The highest BCUT2D eigenvalue weighted by molar-refractivity contribution is 6.31. The van der Waals surface area contributed by atoms with Crippen LogP contribution in [-0.4, -0.2) is 16.2 Å².